The van der Waals surface area contributed by atoms with Gasteiger partial charge < -0.3 is 10.2 Å². The van der Waals surface area contributed by atoms with Crippen LogP contribution in [0.3, 0.4) is 0 Å². The Morgan fingerprint density at radius 3 is 2.56 bits per heavy atom. The standard InChI is InChI=1S/C14H28N2OS/c1-12(2)16(3)9-5-4-8-15-13(17)10-14(11-18)6-7-14/h12,18H,4-11H2,1-3H3,(H,15,17). The van der Waals surface area contributed by atoms with Crippen molar-refractivity contribution in [1.82, 2.24) is 10.2 Å². The molecule has 0 aliphatic heterocycles. The SMILES string of the molecule is CC(C)N(C)CCCCNC(=O)CC1(CS)CC1. The molecular formula is C14H28N2OS. The molecule has 4 heteroatoms. The van der Waals surface area contributed by atoms with Gasteiger partial charge in [-0.2, -0.15) is 12.6 Å². The maximum absolute atomic E-state index is 11.7. The number of nitrogens with one attached hydrogen (secondary N) is 1. The largest absolute Gasteiger partial charge is 0.356 e. The van der Waals surface area contributed by atoms with Crippen molar-refractivity contribution in [2.45, 2.75) is 52.0 Å². The normalized spacial score (nSPS) is 17.2. The highest BCUT2D eigenvalue weighted by Crippen LogP contribution is 2.49. The van der Waals surface area contributed by atoms with E-state index in [-0.39, 0.29) is 11.3 Å². The van der Waals surface area contributed by atoms with Crippen LogP contribution in [0.4, 0.5) is 0 Å². The predicted octanol–water partition coefficient (Wildman–Crippen LogP) is 2.32. The molecule has 18 heavy (non-hydrogen) atoms. The molecule has 0 spiro atoms. The van der Waals surface area contributed by atoms with E-state index in [1.807, 2.05) is 0 Å². The molecular weight excluding hydrogens is 244 g/mol. The van der Waals surface area contributed by atoms with Crippen LogP contribution in [0.5, 0.6) is 0 Å². The Hall–Kier alpha value is -0.220. The second-order valence-corrected chi connectivity index (χ2v) is 6.28. The molecule has 0 bridgehead atoms. The van der Waals surface area contributed by atoms with E-state index in [1.54, 1.807) is 0 Å². The van der Waals surface area contributed by atoms with Crippen LogP contribution in [-0.2, 0) is 4.79 Å². The summed E-state index contributed by atoms with van der Waals surface area (Å²) in [4.78, 5) is 14.0. The zero-order valence-corrected chi connectivity index (χ0v) is 12.9. The molecule has 0 heterocycles. The average molecular weight is 272 g/mol. The molecule has 1 fully saturated rings. The van der Waals surface area contributed by atoms with Gasteiger partial charge in [-0.05, 0) is 64.3 Å². The third-order valence-electron chi connectivity index (χ3n) is 3.97. The van der Waals surface area contributed by atoms with Gasteiger partial charge in [-0.15, -0.1) is 0 Å². The molecule has 1 aliphatic rings. The molecule has 0 atom stereocenters. The Kier molecular flexibility index (Phi) is 6.50. The van der Waals surface area contributed by atoms with E-state index in [9.17, 15) is 4.79 Å². The number of carbonyl (C=O) groups is 1. The third kappa shape index (κ3) is 5.61. The summed E-state index contributed by atoms with van der Waals surface area (Å²) in [7, 11) is 2.15. The Balaban J connectivity index is 1.99. The van der Waals surface area contributed by atoms with Gasteiger partial charge in [0.25, 0.3) is 0 Å². The minimum atomic E-state index is 0.207. The van der Waals surface area contributed by atoms with Gasteiger partial charge in [0, 0.05) is 19.0 Å². The van der Waals surface area contributed by atoms with Crippen molar-refractivity contribution < 1.29 is 4.79 Å². The smallest absolute Gasteiger partial charge is 0.220 e. The molecule has 1 N–H and O–H groups in total. The van der Waals surface area contributed by atoms with E-state index >= 15 is 0 Å². The highest BCUT2D eigenvalue weighted by molar-refractivity contribution is 7.80. The summed E-state index contributed by atoms with van der Waals surface area (Å²) < 4.78 is 0. The molecule has 0 aromatic rings. The maximum atomic E-state index is 11.7. The topological polar surface area (TPSA) is 32.3 Å². The summed E-state index contributed by atoms with van der Waals surface area (Å²) in [6, 6.07) is 0.602. The van der Waals surface area contributed by atoms with Gasteiger partial charge in [0.05, 0.1) is 0 Å². The second-order valence-electron chi connectivity index (χ2n) is 5.97. The zero-order chi connectivity index (χ0) is 13.6. The summed E-state index contributed by atoms with van der Waals surface area (Å²) in [5, 5.41) is 3.02. The van der Waals surface area contributed by atoms with Crippen LogP contribution >= 0.6 is 12.6 Å². The average Bonchev–Trinajstić information content (AvgIpc) is 3.08. The lowest BCUT2D eigenvalue weighted by atomic mass is 10.1. The first-order chi connectivity index (χ1) is 8.49. The molecule has 0 saturated heterocycles. The first-order valence-corrected chi connectivity index (χ1v) is 7.70. The maximum Gasteiger partial charge on any atom is 0.220 e. The van der Waals surface area contributed by atoms with Crippen LogP contribution in [0.2, 0.25) is 0 Å². The van der Waals surface area contributed by atoms with Crippen LogP contribution < -0.4 is 5.32 Å². The fraction of sp³-hybridized carbons (Fsp3) is 0.929. The van der Waals surface area contributed by atoms with Crippen molar-refractivity contribution in [3.05, 3.63) is 0 Å². The minimum Gasteiger partial charge on any atom is -0.356 e. The Bertz CT molecular complexity index is 265. The predicted molar refractivity (Wildman–Crippen MR) is 80.1 cm³/mol. The number of unbranched alkanes of at least 4 members (excludes halogenated alkanes) is 1. The van der Waals surface area contributed by atoms with Gasteiger partial charge in [-0.3, -0.25) is 4.79 Å². The van der Waals surface area contributed by atoms with Crippen LogP contribution in [0.15, 0.2) is 0 Å². The number of hydrogen-bond donors (Lipinski definition) is 2. The lowest BCUT2D eigenvalue weighted by Crippen LogP contribution is -2.30. The fourth-order valence-electron chi connectivity index (χ4n) is 1.94. The Morgan fingerprint density at radius 2 is 2.06 bits per heavy atom. The molecule has 1 saturated carbocycles. The molecule has 1 amide bonds. The van der Waals surface area contributed by atoms with Crippen molar-refractivity contribution in [2.75, 3.05) is 25.9 Å². The highest BCUT2D eigenvalue weighted by atomic mass is 32.1. The lowest BCUT2D eigenvalue weighted by molar-refractivity contribution is -0.122. The van der Waals surface area contributed by atoms with E-state index in [0.717, 1.165) is 31.7 Å². The van der Waals surface area contributed by atoms with E-state index < -0.39 is 0 Å². The molecule has 1 aliphatic carbocycles. The van der Waals surface area contributed by atoms with Gasteiger partial charge in [-0.25, -0.2) is 0 Å². The first-order valence-electron chi connectivity index (χ1n) is 7.07. The lowest BCUT2D eigenvalue weighted by Gasteiger charge is -2.20. The van der Waals surface area contributed by atoms with Crippen molar-refractivity contribution in [3.63, 3.8) is 0 Å². The summed E-state index contributed by atoms with van der Waals surface area (Å²) in [5.41, 5.74) is 0.241. The van der Waals surface area contributed by atoms with Crippen molar-refractivity contribution in [3.8, 4) is 0 Å². The summed E-state index contributed by atoms with van der Waals surface area (Å²) >= 11 is 4.32. The van der Waals surface area contributed by atoms with E-state index in [1.165, 1.54) is 12.8 Å². The van der Waals surface area contributed by atoms with Crippen molar-refractivity contribution in [2.24, 2.45) is 5.41 Å². The molecule has 0 aromatic carbocycles. The zero-order valence-electron chi connectivity index (χ0n) is 12.0. The van der Waals surface area contributed by atoms with Gasteiger partial charge in [0.15, 0.2) is 0 Å². The highest BCUT2D eigenvalue weighted by Gasteiger charge is 2.42. The van der Waals surface area contributed by atoms with Crippen LogP contribution in [-0.4, -0.2) is 42.7 Å². The van der Waals surface area contributed by atoms with Gasteiger partial charge in [0.2, 0.25) is 5.91 Å². The number of amides is 1. The summed E-state index contributed by atoms with van der Waals surface area (Å²) in [6.07, 6.45) is 5.22. The van der Waals surface area contributed by atoms with Crippen LogP contribution in [0.25, 0.3) is 0 Å². The summed E-state index contributed by atoms with van der Waals surface area (Å²) in [6.45, 7) is 6.32. The van der Waals surface area contributed by atoms with Crippen molar-refractivity contribution >= 4 is 18.5 Å². The number of nitrogens with zero attached hydrogens (tertiary/aromatic N) is 1. The minimum absolute atomic E-state index is 0.207. The molecule has 106 valence electrons. The molecule has 3 nitrogen and oxygen atoms in total. The monoisotopic (exact) mass is 272 g/mol. The Morgan fingerprint density at radius 1 is 1.39 bits per heavy atom. The van der Waals surface area contributed by atoms with Crippen molar-refractivity contribution in [1.29, 1.82) is 0 Å². The molecule has 0 aromatic heterocycles. The molecule has 1 rings (SSSR count). The number of carbonyl (C=O) groups excluding carboxylic acids is 1. The first kappa shape index (κ1) is 15.8. The summed E-state index contributed by atoms with van der Waals surface area (Å²) in [5.74, 6) is 1.05. The van der Waals surface area contributed by atoms with Gasteiger partial charge in [-0.1, -0.05) is 0 Å². The van der Waals surface area contributed by atoms with Crippen LogP contribution in [0.1, 0.15) is 46.0 Å². The van der Waals surface area contributed by atoms with Gasteiger partial charge in [0.1, 0.15) is 0 Å². The third-order valence-corrected chi connectivity index (χ3v) is 4.64. The quantitative estimate of drug-likeness (QED) is 0.499. The number of hydrogen-bond acceptors (Lipinski definition) is 3. The molecule has 0 unspecified atom stereocenters. The second kappa shape index (κ2) is 7.39. The Labute approximate surface area is 117 Å². The number of rotatable bonds is 9. The van der Waals surface area contributed by atoms with E-state index in [0.29, 0.717) is 12.5 Å². The number of thiol groups is 1. The van der Waals surface area contributed by atoms with E-state index in [4.69, 9.17) is 0 Å². The fourth-order valence-corrected chi connectivity index (χ4v) is 2.37. The molecule has 0 radical (unpaired) electrons. The van der Waals surface area contributed by atoms with E-state index in [2.05, 4.69) is 43.7 Å². The van der Waals surface area contributed by atoms with Gasteiger partial charge >= 0.3 is 0 Å². The van der Waals surface area contributed by atoms with Crippen LogP contribution in [0, 0.1) is 5.41 Å².